The summed E-state index contributed by atoms with van der Waals surface area (Å²) in [5.74, 6) is 0.603. The quantitative estimate of drug-likeness (QED) is 0.807. The summed E-state index contributed by atoms with van der Waals surface area (Å²) in [6, 6.07) is 5.27. The second-order valence-electron chi connectivity index (χ2n) is 4.23. The van der Waals surface area contributed by atoms with E-state index < -0.39 is 0 Å². The molecule has 1 heterocycles. The molecule has 0 amide bonds. The van der Waals surface area contributed by atoms with Gasteiger partial charge in [-0.3, -0.25) is 0 Å². The highest BCUT2D eigenvalue weighted by atomic mass is 35.5. The van der Waals surface area contributed by atoms with Gasteiger partial charge in [-0.05, 0) is 28.6 Å². The van der Waals surface area contributed by atoms with E-state index in [2.05, 4.69) is 15.5 Å². The van der Waals surface area contributed by atoms with Gasteiger partial charge < -0.3 is 15.2 Å². The predicted molar refractivity (Wildman–Crippen MR) is 75.3 cm³/mol. The summed E-state index contributed by atoms with van der Waals surface area (Å²) in [5.41, 5.74) is 7.08. The summed E-state index contributed by atoms with van der Waals surface area (Å²) < 4.78 is 12.0. The van der Waals surface area contributed by atoms with E-state index in [-0.39, 0.29) is 6.10 Å². The third-order valence-corrected chi connectivity index (χ3v) is 3.19. The summed E-state index contributed by atoms with van der Waals surface area (Å²) in [6.07, 6.45) is -0.133. The lowest BCUT2D eigenvalue weighted by atomic mass is 10.2. The van der Waals surface area contributed by atoms with Crippen molar-refractivity contribution < 1.29 is 9.47 Å². The molecule has 0 spiro atoms. The Kier molecular flexibility index (Phi) is 4.89. The molecule has 1 aromatic heterocycles. The lowest BCUT2D eigenvalue weighted by molar-refractivity contribution is 0.0163. The van der Waals surface area contributed by atoms with Crippen molar-refractivity contribution in [3.8, 4) is 11.4 Å². The zero-order valence-electron chi connectivity index (χ0n) is 11.3. The van der Waals surface area contributed by atoms with Crippen molar-refractivity contribution in [2.24, 2.45) is 0 Å². The average Bonchev–Trinajstić information content (AvgIpc) is 2.89. The fourth-order valence-corrected chi connectivity index (χ4v) is 1.91. The number of halogens is 1. The highest BCUT2D eigenvalue weighted by Crippen LogP contribution is 2.25. The molecule has 8 heteroatoms. The predicted octanol–water partition coefficient (Wildman–Crippen LogP) is 1.24. The van der Waals surface area contributed by atoms with Crippen molar-refractivity contribution in [1.29, 1.82) is 0 Å². The first-order valence-corrected chi connectivity index (χ1v) is 6.36. The van der Waals surface area contributed by atoms with E-state index >= 15 is 0 Å². The number of benzene rings is 1. The molecule has 0 aliphatic rings. The van der Waals surface area contributed by atoms with E-state index in [1.54, 1.807) is 31.0 Å². The summed E-state index contributed by atoms with van der Waals surface area (Å²) in [5, 5.41) is 12.2. The Morgan fingerprint density at radius 1 is 1.40 bits per heavy atom. The van der Waals surface area contributed by atoms with Gasteiger partial charge in [-0.15, -0.1) is 5.10 Å². The number of rotatable bonds is 6. The maximum atomic E-state index is 5.91. The van der Waals surface area contributed by atoms with Crippen molar-refractivity contribution >= 4 is 17.3 Å². The minimum absolute atomic E-state index is 0.133. The minimum atomic E-state index is -0.133. The lowest BCUT2D eigenvalue weighted by Crippen LogP contribution is -2.25. The summed E-state index contributed by atoms with van der Waals surface area (Å²) in [4.78, 5) is 0. The normalized spacial score (nSPS) is 12.6. The summed E-state index contributed by atoms with van der Waals surface area (Å²) in [6.45, 7) is 0.938. The molecule has 2 rings (SSSR count). The first-order valence-electron chi connectivity index (χ1n) is 5.99. The summed E-state index contributed by atoms with van der Waals surface area (Å²) in [7, 11) is 3.24. The van der Waals surface area contributed by atoms with Gasteiger partial charge in [-0.25, -0.2) is 4.68 Å². The first kappa shape index (κ1) is 14.7. The van der Waals surface area contributed by atoms with E-state index in [1.807, 2.05) is 6.07 Å². The number of aromatic nitrogens is 4. The fourth-order valence-electron chi connectivity index (χ4n) is 1.79. The Hall–Kier alpha value is -1.70. The number of hydrogen-bond acceptors (Lipinski definition) is 6. The highest BCUT2D eigenvalue weighted by molar-refractivity contribution is 6.33. The maximum absolute atomic E-state index is 5.91. The third kappa shape index (κ3) is 3.24. The third-order valence-electron chi connectivity index (χ3n) is 2.85. The Labute approximate surface area is 121 Å². The van der Waals surface area contributed by atoms with Gasteiger partial charge in [-0.2, -0.15) is 0 Å². The van der Waals surface area contributed by atoms with Crippen molar-refractivity contribution in [2.45, 2.75) is 12.6 Å². The van der Waals surface area contributed by atoms with Gasteiger partial charge in [0, 0.05) is 19.8 Å². The molecule has 0 radical (unpaired) electrons. The van der Waals surface area contributed by atoms with Crippen molar-refractivity contribution in [1.82, 2.24) is 20.2 Å². The zero-order valence-corrected chi connectivity index (χ0v) is 12.0. The van der Waals surface area contributed by atoms with Crippen LogP contribution in [0.3, 0.4) is 0 Å². The van der Waals surface area contributed by atoms with Crippen LogP contribution >= 0.6 is 11.6 Å². The second-order valence-corrected chi connectivity index (χ2v) is 4.64. The van der Waals surface area contributed by atoms with Crippen molar-refractivity contribution in [3.63, 3.8) is 0 Å². The van der Waals surface area contributed by atoms with Gasteiger partial charge in [-0.1, -0.05) is 11.6 Å². The number of hydrogen-bond donors (Lipinski definition) is 1. The zero-order chi connectivity index (χ0) is 14.5. The van der Waals surface area contributed by atoms with Crippen LogP contribution in [0, 0.1) is 0 Å². The number of ether oxygens (including phenoxy) is 2. The Balaban J connectivity index is 2.25. The van der Waals surface area contributed by atoms with Crippen LogP contribution in [0.1, 0.15) is 0 Å². The minimum Gasteiger partial charge on any atom is -0.398 e. The molecule has 0 aliphatic heterocycles. The monoisotopic (exact) mass is 297 g/mol. The molecule has 0 fully saturated rings. The van der Waals surface area contributed by atoms with Gasteiger partial charge in [0.25, 0.3) is 0 Å². The van der Waals surface area contributed by atoms with Gasteiger partial charge in [0.1, 0.15) is 6.10 Å². The van der Waals surface area contributed by atoms with Crippen LogP contribution in [0.4, 0.5) is 5.69 Å². The second kappa shape index (κ2) is 6.65. The molecule has 0 saturated heterocycles. The SMILES string of the molecule is COCC(Cn1nnnc1-c1ccc(Cl)c(N)c1)OC. The number of nitrogens with two attached hydrogens (primary N) is 1. The van der Waals surface area contributed by atoms with Crippen LogP contribution in [0.15, 0.2) is 18.2 Å². The van der Waals surface area contributed by atoms with E-state index in [1.165, 1.54) is 0 Å². The van der Waals surface area contributed by atoms with Crippen LogP contribution in [0.25, 0.3) is 11.4 Å². The summed E-state index contributed by atoms with van der Waals surface area (Å²) >= 11 is 5.91. The number of anilines is 1. The Bertz CT molecular complexity index is 575. The van der Waals surface area contributed by atoms with Crippen LogP contribution in [0.5, 0.6) is 0 Å². The van der Waals surface area contributed by atoms with Gasteiger partial charge >= 0.3 is 0 Å². The molecule has 108 valence electrons. The average molecular weight is 298 g/mol. The Morgan fingerprint density at radius 2 is 2.20 bits per heavy atom. The van der Waals surface area contributed by atoms with Crippen LogP contribution in [-0.4, -0.2) is 47.1 Å². The Morgan fingerprint density at radius 3 is 2.85 bits per heavy atom. The number of tetrazole rings is 1. The molecular weight excluding hydrogens is 282 g/mol. The fraction of sp³-hybridized carbons (Fsp3) is 0.417. The van der Waals surface area contributed by atoms with Crippen LogP contribution in [0.2, 0.25) is 5.02 Å². The van der Waals surface area contributed by atoms with E-state index in [0.29, 0.717) is 29.7 Å². The molecule has 2 aromatic rings. The van der Waals surface area contributed by atoms with E-state index in [4.69, 9.17) is 26.8 Å². The molecule has 1 unspecified atom stereocenters. The van der Waals surface area contributed by atoms with Gasteiger partial charge in [0.05, 0.1) is 23.9 Å². The topological polar surface area (TPSA) is 88.1 Å². The van der Waals surface area contributed by atoms with Crippen LogP contribution < -0.4 is 5.73 Å². The van der Waals surface area contributed by atoms with E-state index in [9.17, 15) is 0 Å². The maximum Gasteiger partial charge on any atom is 0.182 e. The molecule has 7 nitrogen and oxygen atoms in total. The molecule has 2 N–H and O–H groups in total. The largest absolute Gasteiger partial charge is 0.398 e. The standard InChI is InChI=1S/C12H16ClN5O2/c1-19-7-9(20-2)6-18-12(15-16-17-18)8-3-4-10(13)11(14)5-8/h3-5,9H,6-7,14H2,1-2H3. The van der Waals surface area contributed by atoms with Crippen molar-refractivity contribution in [3.05, 3.63) is 23.2 Å². The molecule has 0 saturated carbocycles. The molecule has 1 atom stereocenters. The first-order chi connectivity index (χ1) is 9.65. The van der Waals surface area contributed by atoms with Gasteiger partial charge in [0.15, 0.2) is 5.82 Å². The highest BCUT2D eigenvalue weighted by Gasteiger charge is 2.15. The number of nitrogen functional groups attached to an aromatic ring is 1. The van der Waals surface area contributed by atoms with E-state index in [0.717, 1.165) is 5.56 Å². The molecule has 0 bridgehead atoms. The van der Waals surface area contributed by atoms with Gasteiger partial charge in [0.2, 0.25) is 0 Å². The smallest absolute Gasteiger partial charge is 0.182 e. The lowest BCUT2D eigenvalue weighted by Gasteiger charge is -2.14. The molecule has 0 aliphatic carbocycles. The number of methoxy groups -OCH3 is 2. The molecule has 20 heavy (non-hydrogen) atoms. The molecular formula is C12H16ClN5O2. The molecule has 1 aromatic carbocycles. The number of nitrogens with zero attached hydrogens (tertiary/aromatic N) is 4. The van der Waals surface area contributed by atoms with Crippen LogP contribution in [-0.2, 0) is 16.0 Å². The van der Waals surface area contributed by atoms with Crippen molar-refractivity contribution in [2.75, 3.05) is 26.6 Å².